The molecule has 1 saturated heterocycles. The van der Waals surface area contributed by atoms with Gasteiger partial charge in [-0.1, -0.05) is 18.2 Å². The van der Waals surface area contributed by atoms with Crippen molar-refractivity contribution in [2.24, 2.45) is 11.7 Å². The summed E-state index contributed by atoms with van der Waals surface area (Å²) in [5, 5.41) is 3.58. The topological polar surface area (TPSA) is 38.0 Å². The lowest BCUT2D eigenvalue weighted by molar-refractivity contribution is 0.452. The molecule has 1 aliphatic rings. The van der Waals surface area contributed by atoms with Crippen LogP contribution in [0.5, 0.6) is 0 Å². The van der Waals surface area contributed by atoms with Crippen LogP contribution in [0.2, 0.25) is 0 Å². The first-order valence-electron chi connectivity index (χ1n) is 6.21. The SMILES string of the molecule is Cc1cccc(C)c1CC1NCCC1CN. The lowest BCUT2D eigenvalue weighted by atomic mass is 9.90. The minimum Gasteiger partial charge on any atom is -0.330 e. The Bertz CT molecular complexity index is 340. The average Bonchev–Trinajstić information content (AvgIpc) is 2.71. The molecule has 0 aliphatic carbocycles. The number of benzene rings is 1. The summed E-state index contributed by atoms with van der Waals surface area (Å²) >= 11 is 0. The van der Waals surface area contributed by atoms with Gasteiger partial charge in [0.2, 0.25) is 0 Å². The van der Waals surface area contributed by atoms with Crippen LogP contribution >= 0.6 is 0 Å². The minimum absolute atomic E-state index is 0.574. The van der Waals surface area contributed by atoms with E-state index in [1.807, 2.05) is 0 Å². The van der Waals surface area contributed by atoms with Gasteiger partial charge in [-0.2, -0.15) is 0 Å². The molecular formula is C14H22N2. The molecular weight excluding hydrogens is 196 g/mol. The molecule has 0 saturated carbocycles. The summed E-state index contributed by atoms with van der Waals surface area (Å²) in [6.07, 6.45) is 2.35. The largest absolute Gasteiger partial charge is 0.330 e. The molecule has 3 N–H and O–H groups in total. The number of hydrogen-bond donors (Lipinski definition) is 2. The van der Waals surface area contributed by atoms with Crippen molar-refractivity contribution in [3.8, 4) is 0 Å². The molecule has 0 bridgehead atoms. The normalized spacial score (nSPS) is 24.9. The zero-order valence-electron chi connectivity index (χ0n) is 10.3. The fourth-order valence-corrected chi connectivity index (χ4v) is 2.73. The number of nitrogens with two attached hydrogens (primary N) is 1. The molecule has 16 heavy (non-hydrogen) atoms. The second kappa shape index (κ2) is 4.98. The van der Waals surface area contributed by atoms with Crippen molar-refractivity contribution in [2.75, 3.05) is 13.1 Å². The van der Waals surface area contributed by atoms with Crippen LogP contribution in [0.4, 0.5) is 0 Å². The zero-order chi connectivity index (χ0) is 11.5. The van der Waals surface area contributed by atoms with Crippen molar-refractivity contribution in [1.29, 1.82) is 0 Å². The standard InChI is InChI=1S/C14H22N2/c1-10-4-3-5-11(2)13(10)8-14-12(9-15)6-7-16-14/h3-5,12,14,16H,6-9,15H2,1-2H3. The molecule has 1 fully saturated rings. The van der Waals surface area contributed by atoms with Gasteiger partial charge in [-0.05, 0) is 62.4 Å². The van der Waals surface area contributed by atoms with Crippen molar-refractivity contribution in [3.63, 3.8) is 0 Å². The second-order valence-corrected chi connectivity index (χ2v) is 4.92. The smallest absolute Gasteiger partial charge is 0.0148 e. The molecule has 0 spiro atoms. The maximum atomic E-state index is 5.81. The Kier molecular flexibility index (Phi) is 3.62. The molecule has 0 amide bonds. The predicted molar refractivity (Wildman–Crippen MR) is 68.6 cm³/mol. The van der Waals surface area contributed by atoms with E-state index in [1.165, 1.54) is 23.1 Å². The third-order valence-corrected chi connectivity index (χ3v) is 3.86. The molecule has 1 heterocycles. The maximum absolute atomic E-state index is 5.81. The quantitative estimate of drug-likeness (QED) is 0.811. The van der Waals surface area contributed by atoms with E-state index in [0.717, 1.165) is 19.5 Å². The number of rotatable bonds is 3. The predicted octanol–water partition coefficient (Wildman–Crippen LogP) is 1.78. The molecule has 0 aromatic heterocycles. The van der Waals surface area contributed by atoms with Gasteiger partial charge >= 0.3 is 0 Å². The summed E-state index contributed by atoms with van der Waals surface area (Å²) in [5.41, 5.74) is 10.1. The Hall–Kier alpha value is -0.860. The first-order valence-corrected chi connectivity index (χ1v) is 6.21. The molecule has 2 heteroatoms. The fraction of sp³-hybridized carbons (Fsp3) is 0.571. The van der Waals surface area contributed by atoms with Crippen LogP contribution in [0, 0.1) is 19.8 Å². The van der Waals surface area contributed by atoms with Gasteiger partial charge in [0.15, 0.2) is 0 Å². The third kappa shape index (κ3) is 2.28. The molecule has 2 nitrogen and oxygen atoms in total. The van der Waals surface area contributed by atoms with Crippen molar-refractivity contribution < 1.29 is 0 Å². The lowest BCUT2D eigenvalue weighted by Crippen LogP contribution is -2.33. The summed E-state index contributed by atoms with van der Waals surface area (Å²) in [6.45, 7) is 6.34. The summed E-state index contributed by atoms with van der Waals surface area (Å²) < 4.78 is 0. The van der Waals surface area contributed by atoms with Crippen molar-refractivity contribution in [3.05, 3.63) is 34.9 Å². The average molecular weight is 218 g/mol. The molecule has 88 valence electrons. The number of aryl methyl sites for hydroxylation is 2. The highest BCUT2D eigenvalue weighted by Crippen LogP contribution is 2.22. The lowest BCUT2D eigenvalue weighted by Gasteiger charge is -2.20. The van der Waals surface area contributed by atoms with Crippen LogP contribution in [-0.4, -0.2) is 19.1 Å². The molecule has 0 radical (unpaired) electrons. The summed E-state index contributed by atoms with van der Waals surface area (Å²) in [4.78, 5) is 0. The second-order valence-electron chi connectivity index (χ2n) is 4.92. The van der Waals surface area contributed by atoms with Gasteiger partial charge in [0, 0.05) is 6.04 Å². The van der Waals surface area contributed by atoms with Crippen LogP contribution in [0.3, 0.4) is 0 Å². The summed E-state index contributed by atoms with van der Waals surface area (Å²) in [6, 6.07) is 7.12. The van der Waals surface area contributed by atoms with Gasteiger partial charge in [0.25, 0.3) is 0 Å². The van der Waals surface area contributed by atoms with E-state index in [0.29, 0.717) is 12.0 Å². The highest BCUT2D eigenvalue weighted by molar-refractivity contribution is 5.34. The zero-order valence-corrected chi connectivity index (χ0v) is 10.3. The molecule has 2 atom stereocenters. The van der Waals surface area contributed by atoms with Crippen LogP contribution in [0.1, 0.15) is 23.1 Å². The van der Waals surface area contributed by atoms with Crippen molar-refractivity contribution >= 4 is 0 Å². The van der Waals surface area contributed by atoms with E-state index in [-0.39, 0.29) is 0 Å². The highest BCUT2D eigenvalue weighted by atomic mass is 15.0. The van der Waals surface area contributed by atoms with Crippen molar-refractivity contribution in [2.45, 2.75) is 32.7 Å². The number of hydrogen-bond acceptors (Lipinski definition) is 2. The van der Waals surface area contributed by atoms with Gasteiger partial charge in [-0.3, -0.25) is 0 Å². The first kappa shape index (κ1) is 11.6. The molecule has 1 aromatic carbocycles. The Morgan fingerprint density at radius 1 is 1.31 bits per heavy atom. The van der Waals surface area contributed by atoms with Gasteiger partial charge in [-0.25, -0.2) is 0 Å². The third-order valence-electron chi connectivity index (χ3n) is 3.86. The van der Waals surface area contributed by atoms with Gasteiger partial charge < -0.3 is 11.1 Å². The van der Waals surface area contributed by atoms with Crippen LogP contribution in [-0.2, 0) is 6.42 Å². The summed E-state index contributed by atoms with van der Waals surface area (Å²) in [7, 11) is 0. The summed E-state index contributed by atoms with van der Waals surface area (Å²) in [5.74, 6) is 0.652. The fourth-order valence-electron chi connectivity index (χ4n) is 2.73. The molecule has 1 aliphatic heterocycles. The van der Waals surface area contributed by atoms with E-state index in [1.54, 1.807) is 0 Å². The Morgan fingerprint density at radius 3 is 2.62 bits per heavy atom. The minimum atomic E-state index is 0.574. The van der Waals surface area contributed by atoms with Crippen LogP contribution < -0.4 is 11.1 Å². The maximum Gasteiger partial charge on any atom is 0.0148 e. The Morgan fingerprint density at radius 2 is 2.00 bits per heavy atom. The molecule has 2 rings (SSSR count). The van der Waals surface area contributed by atoms with E-state index < -0.39 is 0 Å². The van der Waals surface area contributed by atoms with E-state index >= 15 is 0 Å². The molecule has 1 aromatic rings. The van der Waals surface area contributed by atoms with E-state index in [9.17, 15) is 0 Å². The monoisotopic (exact) mass is 218 g/mol. The van der Waals surface area contributed by atoms with Crippen molar-refractivity contribution in [1.82, 2.24) is 5.32 Å². The highest BCUT2D eigenvalue weighted by Gasteiger charge is 2.26. The number of nitrogens with one attached hydrogen (secondary N) is 1. The van der Waals surface area contributed by atoms with Crippen LogP contribution in [0.25, 0.3) is 0 Å². The Balaban J connectivity index is 2.14. The van der Waals surface area contributed by atoms with Gasteiger partial charge in [0.05, 0.1) is 0 Å². The van der Waals surface area contributed by atoms with Gasteiger partial charge in [0.1, 0.15) is 0 Å². The van der Waals surface area contributed by atoms with Crippen LogP contribution in [0.15, 0.2) is 18.2 Å². The first-order chi connectivity index (χ1) is 7.72. The molecule has 2 unspecified atom stereocenters. The van der Waals surface area contributed by atoms with E-state index in [2.05, 4.69) is 37.4 Å². The Labute approximate surface area is 98.2 Å². The van der Waals surface area contributed by atoms with Gasteiger partial charge in [-0.15, -0.1) is 0 Å². The van der Waals surface area contributed by atoms with E-state index in [4.69, 9.17) is 5.73 Å².